The number of aryl methyl sites for hydroxylation is 1. The Kier molecular flexibility index (Phi) is 4.16. The summed E-state index contributed by atoms with van der Waals surface area (Å²) < 4.78 is 20.7. The van der Waals surface area contributed by atoms with Gasteiger partial charge in [0.25, 0.3) is 0 Å². The molecular weight excluding hydrogens is 245 g/mol. The quantitative estimate of drug-likeness (QED) is 0.898. The molecule has 2 aromatic rings. The van der Waals surface area contributed by atoms with Gasteiger partial charge in [0.15, 0.2) is 0 Å². The molecule has 0 aliphatic heterocycles. The Labute approximate surface area is 112 Å². The molecule has 0 bridgehead atoms. The third-order valence-electron chi connectivity index (χ3n) is 2.65. The monoisotopic (exact) mass is 263 g/mol. The van der Waals surface area contributed by atoms with Crippen LogP contribution in [0.5, 0.6) is 5.75 Å². The van der Waals surface area contributed by atoms with Crippen LogP contribution in [0.1, 0.15) is 18.1 Å². The van der Waals surface area contributed by atoms with Crippen LogP contribution in [0, 0.1) is 5.82 Å². The first-order valence-electron chi connectivity index (χ1n) is 6.18. The van der Waals surface area contributed by atoms with Gasteiger partial charge in [0.1, 0.15) is 18.2 Å². The number of nitrogens with zero attached hydrogens (tertiary/aromatic N) is 2. The van der Waals surface area contributed by atoms with Crippen LogP contribution >= 0.6 is 0 Å². The van der Waals surface area contributed by atoms with Gasteiger partial charge in [-0.1, -0.05) is 0 Å². The van der Waals surface area contributed by atoms with Gasteiger partial charge in [0.2, 0.25) is 0 Å². The highest BCUT2D eigenvalue weighted by atomic mass is 19.1. The van der Waals surface area contributed by atoms with E-state index >= 15 is 0 Å². The molecular formula is C14H18FN3O. The summed E-state index contributed by atoms with van der Waals surface area (Å²) >= 11 is 0. The average molecular weight is 263 g/mol. The molecule has 1 aromatic carbocycles. The minimum atomic E-state index is -0.306. The van der Waals surface area contributed by atoms with Crippen LogP contribution in [0.15, 0.2) is 30.6 Å². The van der Waals surface area contributed by atoms with Crippen molar-refractivity contribution in [2.45, 2.75) is 26.0 Å². The Balaban J connectivity index is 2.05. The standard InChI is InChI=1S/C14H18FN3O/c1-10(16)3-11-4-13(15)6-14(5-11)19-9-12-7-17-18(2)8-12/h4-8,10H,3,9,16H2,1-2H3. The molecule has 0 amide bonds. The number of hydrogen-bond donors (Lipinski definition) is 1. The van der Waals surface area contributed by atoms with Gasteiger partial charge in [0, 0.05) is 30.9 Å². The Hall–Kier alpha value is -1.88. The van der Waals surface area contributed by atoms with Crippen molar-refractivity contribution in [3.63, 3.8) is 0 Å². The summed E-state index contributed by atoms with van der Waals surface area (Å²) in [5.41, 5.74) is 7.51. The molecule has 0 saturated carbocycles. The molecule has 1 atom stereocenters. The molecule has 0 saturated heterocycles. The average Bonchev–Trinajstić information content (AvgIpc) is 2.71. The Morgan fingerprint density at radius 1 is 1.37 bits per heavy atom. The maximum atomic E-state index is 13.5. The van der Waals surface area contributed by atoms with Crippen LogP contribution in [0.25, 0.3) is 0 Å². The lowest BCUT2D eigenvalue weighted by atomic mass is 10.1. The van der Waals surface area contributed by atoms with Crippen LogP contribution in [0.2, 0.25) is 0 Å². The van der Waals surface area contributed by atoms with Gasteiger partial charge in [-0.25, -0.2) is 4.39 Å². The molecule has 0 aliphatic rings. The summed E-state index contributed by atoms with van der Waals surface area (Å²) in [5.74, 6) is 0.207. The summed E-state index contributed by atoms with van der Waals surface area (Å²) in [4.78, 5) is 0. The molecule has 1 aromatic heterocycles. The smallest absolute Gasteiger partial charge is 0.127 e. The highest BCUT2D eigenvalue weighted by Gasteiger charge is 2.05. The van der Waals surface area contributed by atoms with E-state index in [0.717, 1.165) is 11.1 Å². The minimum Gasteiger partial charge on any atom is -0.489 e. The van der Waals surface area contributed by atoms with Gasteiger partial charge < -0.3 is 10.5 Å². The molecule has 0 fully saturated rings. The first-order valence-corrected chi connectivity index (χ1v) is 6.18. The SMILES string of the molecule is CC(N)Cc1cc(F)cc(OCc2cnn(C)c2)c1. The van der Waals surface area contributed by atoms with Gasteiger partial charge in [-0.3, -0.25) is 4.68 Å². The number of benzene rings is 1. The lowest BCUT2D eigenvalue weighted by Gasteiger charge is -2.09. The maximum Gasteiger partial charge on any atom is 0.127 e. The summed E-state index contributed by atoms with van der Waals surface area (Å²) in [5, 5.41) is 4.05. The topological polar surface area (TPSA) is 53.1 Å². The van der Waals surface area contributed by atoms with E-state index < -0.39 is 0 Å². The van der Waals surface area contributed by atoms with E-state index in [1.807, 2.05) is 26.2 Å². The van der Waals surface area contributed by atoms with E-state index in [1.165, 1.54) is 12.1 Å². The van der Waals surface area contributed by atoms with Crippen LogP contribution < -0.4 is 10.5 Å². The lowest BCUT2D eigenvalue weighted by molar-refractivity contribution is 0.304. The second-order valence-electron chi connectivity index (χ2n) is 4.79. The fraction of sp³-hybridized carbons (Fsp3) is 0.357. The third-order valence-corrected chi connectivity index (χ3v) is 2.65. The molecule has 5 heteroatoms. The molecule has 1 unspecified atom stereocenters. The number of rotatable bonds is 5. The zero-order chi connectivity index (χ0) is 13.8. The Morgan fingerprint density at radius 3 is 2.79 bits per heavy atom. The zero-order valence-corrected chi connectivity index (χ0v) is 11.1. The highest BCUT2D eigenvalue weighted by molar-refractivity contribution is 5.30. The van der Waals surface area contributed by atoms with Gasteiger partial charge in [-0.2, -0.15) is 5.10 Å². The van der Waals surface area contributed by atoms with Crippen LogP contribution in [0.3, 0.4) is 0 Å². The number of halogens is 1. The molecule has 2 rings (SSSR count). The molecule has 102 valence electrons. The maximum absolute atomic E-state index is 13.5. The van der Waals surface area contributed by atoms with Gasteiger partial charge >= 0.3 is 0 Å². The van der Waals surface area contributed by atoms with Crippen molar-refractivity contribution >= 4 is 0 Å². The zero-order valence-electron chi connectivity index (χ0n) is 11.1. The predicted octanol–water partition coefficient (Wildman–Crippen LogP) is 2.03. The largest absolute Gasteiger partial charge is 0.489 e. The van der Waals surface area contributed by atoms with E-state index in [4.69, 9.17) is 10.5 Å². The summed E-state index contributed by atoms with van der Waals surface area (Å²) in [6, 6.07) is 4.68. The van der Waals surface area contributed by atoms with E-state index in [0.29, 0.717) is 18.8 Å². The Bertz CT molecular complexity index is 551. The van der Waals surface area contributed by atoms with E-state index in [2.05, 4.69) is 5.10 Å². The summed E-state index contributed by atoms with van der Waals surface area (Å²) in [6.45, 7) is 2.26. The second-order valence-corrected chi connectivity index (χ2v) is 4.79. The van der Waals surface area contributed by atoms with Crippen molar-refractivity contribution < 1.29 is 9.13 Å². The van der Waals surface area contributed by atoms with Crippen molar-refractivity contribution in [2.24, 2.45) is 12.8 Å². The van der Waals surface area contributed by atoms with Gasteiger partial charge in [-0.15, -0.1) is 0 Å². The van der Waals surface area contributed by atoms with E-state index in [-0.39, 0.29) is 11.9 Å². The highest BCUT2D eigenvalue weighted by Crippen LogP contribution is 2.18. The summed E-state index contributed by atoms with van der Waals surface area (Å²) in [7, 11) is 1.84. The van der Waals surface area contributed by atoms with Crippen LogP contribution in [0.4, 0.5) is 4.39 Å². The van der Waals surface area contributed by atoms with Gasteiger partial charge in [-0.05, 0) is 31.0 Å². The molecule has 4 nitrogen and oxygen atoms in total. The Morgan fingerprint density at radius 2 is 2.16 bits per heavy atom. The molecule has 2 N–H and O–H groups in total. The number of nitrogens with two attached hydrogens (primary N) is 1. The van der Waals surface area contributed by atoms with Crippen molar-refractivity contribution in [1.82, 2.24) is 9.78 Å². The number of hydrogen-bond acceptors (Lipinski definition) is 3. The third kappa shape index (κ3) is 4.06. The van der Waals surface area contributed by atoms with Crippen molar-refractivity contribution in [3.05, 3.63) is 47.5 Å². The minimum absolute atomic E-state index is 0.00651. The fourth-order valence-corrected chi connectivity index (χ4v) is 1.91. The molecule has 0 spiro atoms. The first-order chi connectivity index (χ1) is 9.02. The first kappa shape index (κ1) is 13.5. The lowest BCUT2D eigenvalue weighted by Crippen LogP contribution is -2.17. The van der Waals surface area contributed by atoms with Crippen molar-refractivity contribution in [1.29, 1.82) is 0 Å². The fourth-order valence-electron chi connectivity index (χ4n) is 1.91. The second kappa shape index (κ2) is 5.84. The van der Waals surface area contributed by atoms with E-state index in [1.54, 1.807) is 10.9 Å². The number of aromatic nitrogens is 2. The van der Waals surface area contributed by atoms with Gasteiger partial charge in [0.05, 0.1) is 6.20 Å². The van der Waals surface area contributed by atoms with Crippen LogP contribution in [-0.4, -0.2) is 15.8 Å². The predicted molar refractivity (Wildman–Crippen MR) is 71.3 cm³/mol. The van der Waals surface area contributed by atoms with Crippen molar-refractivity contribution in [3.8, 4) is 5.75 Å². The molecule has 0 radical (unpaired) electrons. The summed E-state index contributed by atoms with van der Waals surface area (Å²) in [6.07, 6.45) is 4.21. The van der Waals surface area contributed by atoms with Crippen LogP contribution in [-0.2, 0) is 20.1 Å². The molecule has 19 heavy (non-hydrogen) atoms. The normalized spacial score (nSPS) is 12.4. The number of ether oxygens (including phenoxy) is 1. The van der Waals surface area contributed by atoms with E-state index in [9.17, 15) is 4.39 Å². The van der Waals surface area contributed by atoms with Crippen molar-refractivity contribution in [2.75, 3.05) is 0 Å². The molecule has 0 aliphatic carbocycles. The molecule has 1 heterocycles.